The number of benzene rings is 1. The smallest absolute Gasteiger partial charge is 0.335 e. The molecule has 1 saturated heterocycles. The minimum atomic E-state index is -0.844. The fourth-order valence-electron chi connectivity index (χ4n) is 4.32. The minimum absolute atomic E-state index is 0.388. The van der Waals surface area contributed by atoms with Crippen molar-refractivity contribution < 1.29 is 9.90 Å². The van der Waals surface area contributed by atoms with Gasteiger partial charge in [0, 0.05) is 25.7 Å². The summed E-state index contributed by atoms with van der Waals surface area (Å²) in [5, 5.41) is 9.09. The summed E-state index contributed by atoms with van der Waals surface area (Å²) in [5.41, 5.74) is 1.50. The molecule has 1 saturated carbocycles. The van der Waals surface area contributed by atoms with E-state index in [1.165, 1.54) is 12.8 Å². The second-order valence-corrected chi connectivity index (χ2v) is 6.75. The molecule has 3 atom stereocenters. The topological polar surface area (TPSA) is 43.8 Å². The number of carbonyl (C=O) groups is 1. The number of piperidine rings is 1. The number of aromatic carboxylic acids is 1. The summed E-state index contributed by atoms with van der Waals surface area (Å²) < 4.78 is 0. The number of rotatable bonds is 4. The van der Waals surface area contributed by atoms with E-state index in [1.807, 2.05) is 18.2 Å². The lowest BCUT2D eigenvalue weighted by atomic mass is 9.91. The van der Waals surface area contributed by atoms with Crippen molar-refractivity contribution in [3.8, 4) is 0 Å². The zero-order chi connectivity index (χ0) is 15.0. The van der Waals surface area contributed by atoms with E-state index in [2.05, 4.69) is 23.9 Å². The summed E-state index contributed by atoms with van der Waals surface area (Å²) in [6.07, 6.45) is 2.67. The van der Waals surface area contributed by atoms with Gasteiger partial charge in [-0.05, 0) is 56.5 Å². The molecule has 114 valence electrons. The molecule has 4 heteroatoms. The number of likely N-dealkylation sites (tertiary alicyclic amines) is 1. The Balaban J connectivity index is 1.68. The summed E-state index contributed by atoms with van der Waals surface area (Å²) in [7, 11) is 4.39. The Bertz CT molecular complexity index is 515. The second kappa shape index (κ2) is 5.78. The molecule has 21 heavy (non-hydrogen) atoms. The zero-order valence-electron chi connectivity index (χ0n) is 12.8. The highest BCUT2D eigenvalue weighted by atomic mass is 16.4. The number of hydrogen-bond acceptors (Lipinski definition) is 3. The number of nitrogens with zero attached hydrogens (tertiary/aromatic N) is 2. The highest BCUT2D eigenvalue weighted by molar-refractivity contribution is 5.87. The van der Waals surface area contributed by atoms with Gasteiger partial charge in [0.1, 0.15) is 0 Å². The summed E-state index contributed by atoms with van der Waals surface area (Å²) in [5.74, 6) is 0.686. The van der Waals surface area contributed by atoms with Gasteiger partial charge >= 0.3 is 5.97 Å². The summed E-state index contributed by atoms with van der Waals surface area (Å²) in [6, 6.07) is 8.08. The van der Waals surface area contributed by atoms with Crippen LogP contribution in [0, 0.1) is 11.8 Å². The van der Waals surface area contributed by atoms with Crippen molar-refractivity contribution in [1.29, 1.82) is 0 Å². The third-order valence-electron chi connectivity index (χ3n) is 5.04. The molecule has 2 fully saturated rings. The molecule has 2 bridgehead atoms. The highest BCUT2D eigenvalue weighted by Gasteiger charge is 2.42. The van der Waals surface area contributed by atoms with Crippen molar-refractivity contribution in [3.63, 3.8) is 0 Å². The van der Waals surface area contributed by atoms with E-state index in [0.717, 1.165) is 43.1 Å². The van der Waals surface area contributed by atoms with Gasteiger partial charge < -0.3 is 10.0 Å². The second-order valence-electron chi connectivity index (χ2n) is 6.75. The third kappa shape index (κ3) is 2.97. The fourth-order valence-corrected chi connectivity index (χ4v) is 4.32. The largest absolute Gasteiger partial charge is 0.478 e. The summed E-state index contributed by atoms with van der Waals surface area (Å²) in [6.45, 7) is 3.14. The van der Waals surface area contributed by atoms with E-state index >= 15 is 0 Å². The Morgan fingerprint density at radius 2 is 1.95 bits per heavy atom. The quantitative estimate of drug-likeness (QED) is 0.922. The first-order valence-electron chi connectivity index (χ1n) is 7.75. The normalized spacial score (nSPS) is 29.0. The SMILES string of the molecule is CN(C)C1[C@@H]2CC[C@H]1CN(Cc1cccc(C(=O)O)c1)C2. The molecule has 1 aliphatic carbocycles. The van der Waals surface area contributed by atoms with E-state index in [9.17, 15) is 4.79 Å². The zero-order valence-corrected chi connectivity index (χ0v) is 12.8. The molecule has 0 amide bonds. The lowest BCUT2D eigenvalue weighted by Crippen LogP contribution is -2.50. The first-order chi connectivity index (χ1) is 10.0. The molecule has 0 radical (unpaired) electrons. The van der Waals surface area contributed by atoms with Gasteiger partial charge in [-0.15, -0.1) is 0 Å². The number of carboxylic acid groups (broad SMARTS) is 1. The van der Waals surface area contributed by atoms with Crippen LogP contribution in [-0.4, -0.2) is 54.1 Å². The van der Waals surface area contributed by atoms with Crippen molar-refractivity contribution in [2.24, 2.45) is 11.8 Å². The maximum Gasteiger partial charge on any atom is 0.335 e. The Labute approximate surface area is 126 Å². The molecular formula is C17H24N2O2. The molecule has 1 heterocycles. The van der Waals surface area contributed by atoms with Gasteiger partial charge in [0.05, 0.1) is 5.56 Å². The van der Waals surface area contributed by atoms with Gasteiger partial charge in [-0.25, -0.2) is 4.79 Å². The number of hydrogen-bond donors (Lipinski definition) is 1. The van der Waals surface area contributed by atoms with Gasteiger partial charge in [0.15, 0.2) is 0 Å². The Morgan fingerprint density at radius 1 is 1.29 bits per heavy atom. The van der Waals surface area contributed by atoms with Crippen LogP contribution >= 0.6 is 0 Å². The van der Waals surface area contributed by atoms with Gasteiger partial charge in [-0.1, -0.05) is 12.1 Å². The van der Waals surface area contributed by atoms with Crippen LogP contribution in [0.3, 0.4) is 0 Å². The maximum atomic E-state index is 11.1. The lowest BCUT2D eigenvalue weighted by Gasteiger charge is -2.41. The van der Waals surface area contributed by atoms with Crippen LogP contribution in [0.2, 0.25) is 0 Å². The molecule has 1 N–H and O–H groups in total. The van der Waals surface area contributed by atoms with Crippen molar-refractivity contribution in [3.05, 3.63) is 35.4 Å². The molecular weight excluding hydrogens is 264 g/mol. The van der Waals surface area contributed by atoms with E-state index in [0.29, 0.717) is 5.56 Å². The van der Waals surface area contributed by atoms with Gasteiger partial charge in [-0.3, -0.25) is 4.90 Å². The maximum absolute atomic E-state index is 11.1. The molecule has 1 aliphatic heterocycles. The highest BCUT2D eigenvalue weighted by Crippen LogP contribution is 2.39. The van der Waals surface area contributed by atoms with Crippen LogP contribution in [0.15, 0.2) is 24.3 Å². The van der Waals surface area contributed by atoms with Crippen LogP contribution < -0.4 is 0 Å². The van der Waals surface area contributed by atoms with Crippen molar-refractivity contribution in [2.45, 2.75) is 25.4 Å². The first-order valence-corrected chi connectivity index (χ1v) is 7.75. The van der Waals surface area contributed by atoms with Crippen molar-refractivity contribution in [2.75, 3.05) is 27.2 Å². The average Bonchev–Trinajstić information content (AvgIpc) is 2.71. The molecule has 2 aliphatic rings. The van der Waals surface area contributed by atoms with Crippen LogP contribution in [-0.2, 0) is 6.54 Å². The van der Waals surface area contributed by atoms with Crippen molar-refractivity contribution >= 4 is 5.97 Å². The molecule has 1 unspecified atom stereocenters. The van der Waals surface area contributed by atoms with Crippen LogP contribution in [0.4, 0.5) is 0 Å². The van der Waals surface area contributed by atoms with Gasteiger partial charge in [-0.2, -0.15) is 0 Å². The molecule has 0 aromatic heterocycles. The standard InChI is InChI=1S/C17H24N2O2/c1-18(2)16-14-6-7-15(16)11-19(10-14)9-12-4-3-5-13(8-12)17(20)21/h3-5,8,14-16H,6-7,9-11H2,1-2H3,(H,20,21)/t14-,15+,16?. The average molecular weight is 288 g/mol. The fraction of sp³-hybridized carbons (Fsp3) is 0.588. The van der Waals surface area contributed by atoms with E-state index in [-0.39, 0.29) is 0 Å². The van der Waals surface area contributed by atoms with E-state index < -0.39 is 5.97 Å². The molecule has 3 rings (SSSR count). The van der Waals surface area contributed by atoms with Gasteiger partial charge in [0.25, 0.3) is 0 Å². The number of carboxylic acids is 1. The molecule has 4 nitrogen and oxygen atoms in total. The summed E-state index contributed by atoms with van der Waals surface area (Å²) >= 11 is 0. The third-order valence-corrected chi connectivity index (χ3v) is 5.04. The molecule has 1 aromatic carbocycles. The number of fused-ring (bicyclic) bond motifs is 2. The molecule has 0 spiro atoms. The lowest BCUT2D eigenvalue weighted by molar-refractivity contribution is 0.0691. The summed E-state index contributed by atoms with van der Waals surface area (Å²) in [4.78, 5) is 16.0. The van der Waals surface area contributed by atoms with E-state index in [4.69, 9.17) is 5.11 Å². The Hall–Kier alpha value is -1.39. The minimum Gasteiger partial charge on any atom is -0.478 e. The monoisotopic (exact) mass is 288 g/mol. The first kappa shape index (κ1) is 14.5. The van der Waals surface area contributed by atoms with Gasteiger partial charge in [0.2, 0.25) is 0 Å². The Kier molecular flexibility index (Phi) is 4.00. The van der Waals surface area contributed by atoms with E-state index in [1.54, 1.807) is 6.07 Å². The van der Waals surface area contributed by atoms with Crippen LogP contribution in [0.25, 0.3) is 0 Å². The predicted molar refractivity (Wildman–Crippen MR) is 82.4 cm³/mol. The Morgan fingerprint density at radius 3 is 2.52 bits per heavy atom. The van der Waals surface area contributed by atoms with Crippen molar-refractivity contribution in [1.82, 2.24) is 9.80 Å². The predicted octanol–water partition coefficient (Wildman–Crippen LogP) is 2.16. The van der Waals surface area contributed by atoms with Crippen LogP contribution in [0.1, 0.15) is 28.8 Å². The van der Waals surface area contributed by atoms with Crippen LogP contribution in [0.5, 0.6) is 0 Å². The molecule has 1 aromatic rings.